The summed E-state index contributed by atoms with van der Waals surface area (Å²) in [6.07, 6.45) is 0. The molecule has 0 N–H and O–H groups in total. The van der Waals surface area contributed by atoms with Crippen molar-refractivity contribution in [3.63, 3.8) is 0 Å². The highest BCUT2D eigenvalue weighted by molar-refractivity contribution is 7.92. The second kappa shape index (κ2) is 8.46. The minimum Gasteiger partial charge on any atom is -0.457 e. The third-order valence-electron chi connectivity index (χ3n) is 4.11. The van der Waals surface area contributed by atoms with Crippen molar-refractivity contribution in [1.29, 1.82) is 0 Å². The molecule has 3 aromatic carbocycles. The highest BCUT2D eigenvalue weighted by atomic mass is 35.5. The van der Waals surface area contributed by atoms with Crippen LogP contribution in [0.3, 0.4) is 0 Å². The minimum absolute atomic E-state index is 0.0102. The second-order valence-electron chi connectivity index (χ2n) is 6.04. The van der Waals surface area contributed by atoms with E-state index >= 15 is 0 Å². The molecule has 144 valence electrons. The molecule has 0 unspecified atom stereocenters. The van der Waals surface area contributed by atoms with Gasteiger partial charge >= 0.3 is 5.97 Å². The molecule has 0 fully saturated rings. The fourth-order valence-corrected chi connectivity index (χ4v) is 4.03. The van der Waals surface area contributed by atoms with Gasteiger partial charge in [-0.15, -0.1) is 0 Å². The zero-order valence-electron chi connectivity index (χ0n) is 15.1. The molecule has 3 rings (SSSR count). The molecule has 0 spiro atoms. The first kappa shape index (κ1) is 19.9. The molecule has 28 heavy (non-hydrogen) atoms. The second-order valence-corrected chi connectivity index (χ2v) is 8.45. The average molecular weight is 416 g/mol. The van der Waals surface area contributed by atoms with Gasteiger partial charge in [-0.25, -0.2) is 13.2 Å². The number of benzene rings is 3. The molecule has 0 bridgehead atoms. The lowest BCUT2D eigenvalue weighted by Crippen LogP contribution is -2.26. The van der Waals surface area contributed by atoms with Gasteiger partial charge in [-0.2, -0.15) is 0 Å². The molecule has 0 aliphatic heterocycles. The summed E-state index contributed by atoms with van der Waals surface area (Å²) in [5.74, 6) is -0.612. The van der Waals surface area contributed by atoms with E-state index in [1.807, 2.05) is 0 Å². The first-order valence-electron chi connectivity index (χ1n) is 8.43. The van der Waals surface area contributed by atoms with Gasteiger partial charge in [-0.3, -0.25) is 4.31 Å². The number of sulfonamides is 1. The van der Waals surface area contributed by atoms with Gasteiger partial charge in [0.25, 0.3) is 10.0 Å². The van der Waals surface area contributed by atoms with Gasteiger partial charge in [0, 0.05) is 12.1 Å². The predicted molar refractivity (Wildman–Crippen MR) is 109 cm³/mol. The smallest absolute Gasteiger partial charge is 0.338 e. The molecule has 0 aliphatic rings. The number of para-hydroxylation sites is 1. The van der Waals surface area contributed by atoms with Crippen molar-refractivity contribution in [2.45, 2.75) is 11.5 Å². The maximum absolute atomic E-state index is 12.9. The maximum atomic E-state index is 12.9. The molecule has 0 radical (unpaired) electrons. The summed E-state index contributed by atoms with van der Waals surface area (Å²) in [5, 5.41) is 0.547. The van der Waals surface area contributed by atoms with E-state index < -0.39 is 16.0 Å². The Kier molecular flexibility index (Phi) is 6.02. The number of hydrogen-bond acceptors (Lipinski definition) is 4. The van der Waals surface area contributed by atoms with E-state index in [9.17, 15) is 13.2 Å². The van der Waals surface area contributed by atoms with Gasteiger partial charge in [0.05, 0.1) is 16.1 Å². The van der Waals surface area contributed by atoms with Crippen LogP contribution in [0.4, 0.5) is 5.69 Å². The van der Waals surface area contributed by atoms with Crippen LogP contribution in [0.1, 0.15) is 15.9 Å². The number of carbonyl (C=O) groups excluding carboxylic acids is 1. The third kappa shape index (κ3) is 4.52. The summed E-state index contributed by atoms with van der Waals surface area (Å²) in [6, 6.07) is 21.5. The van der Waals surface area contributed by atoms with Crippen molar-refractivity contribution in [1.82, 2.24) is 0 Å². The highest BCUT2D eigenvalue weighted by Gasteiger charge is 2.22. The predicted octanol–water partition coefficient (Wildman–Crippen LogP) is 4.52. The van der Waals surface area contributed by atoms with Crippen molar-refractivity contribution in [3.05, 3.63) is 95.0 Å². The molecule has 0 aliphatic carbocycles. The fourth-order valence-electron chi connectivity index (χ4n) is 2.58. The number of nitrogens with zero attached hydrogens (tertiary/aromatic N) is 1. The van der Waals surface area contributed by atoms with Crippen LogP contribution in [0.15, 0.2) is 83.8 Å². The number of rotatable bonds is 6. The standard InChI is InChI=1S/C21H18ClNO4S/c1-23(19-10-3-2-4-11-19)28(25,26)20-12-6-8-17(14-20)21(24)27-15-16-7-5-9-18(22)13-16/h2-14H,15H2,1H3. The Balaban J connectivity index is 1.78. The van der Waals surface area contributed by atoms with Crippen LogP contribution in [-0.2, 0) is 21.4 Å². The summed E-state index contributed by atoms with van der Waals surface area (Å²) >= 11 is 5.92. The summed E-state index contributed by atoms with van der Waals surface area (Å²) in [7, 11) is -2.35. The summed E-state index contributed by atoms with van der Waals surface area (Å²) in [5.41, 5.74) is 1.43. The topological polar surface area (TPSA) is 63.7 Å². The third-order valence-corrected chi connectivity index (χ3v) is 6.12. The fraction of sp³-hybridized carbons (Fsp3) is 0.0952. The van der Waals surface area contributed by atoms with Gasteiger partial charge in [0.1, 0.15) is 6.61 Å². The Morgan fingerprint density at radius 1 is 0.964 bits per heavy atom. The first-order chi connectivity index (χ1) is 13.4. The number of halogens is 1. The molecular formula is C21H18ClNO4S. The van der Waals surface area contributed by atoms with E-state index in [0.29, 0.717) is 10.7 Å². The van der Waals surface area contributed by atoms with Crippen molar-refractivity contribution in [2.75, 3.05) is 11.4 Å². The van der Waals surface area contributed by atoms with Gasteiger partial charge in [0.2, 0.25) is 0 Å². The van der Waals surface area contributed by atoms with Gasteiger partial charge in [-0.1, -0.05) is 48.0 Å². The quantitative estimate of drug-likeness (QED) is 0.555. The van der Waals surface area contributed by atoms with E-state index in [1.165, 1.54) is 35.6 Å². The van der Waals surface area contributed by atoms with Crippen molar-refractivity contribution < 1.29 is 17.9 Å². The molecule has 7 heteroatoms. The molecule has 0 heterocycles. The van der Waals surface area contributed by atoms with Crippen LogP contribution >= 0.6 is 11.6 Å². The lowest BCUT2D eigenvalue weighted by atomic mass is 10.2. The molecule has 0 amide bonds. The van der Waals surface area contributed by atoms with E-state index in [4.69, 9.17) is 16.3 Å². The van der Waals surface area contributed by atoms with Crippen LogP contribution in [0, 0.1) is 0 Å². The van der Waals surface area contributed by atoms with Crippen molar-refractivity contribution >= 4 is 33.3 Å². The average Bonchev–Trinajstić information content (AvgIpc) is 2.72. The highest BCUT2D eigenvalue weighted by Crippen LogP contribution is 2.22. The summed E-state index contributed by atoms with van der Waals surface area (Å²) in [4.78, 5) is 12.4. The molecule has 5 nitrogen and oxygen atoms in total. The summed E-state index contributed by atoms with van der Waals surface area (Å²) in [6.45, 7) is 0.0420. The van der Waals surface area contributed by atoms with Crippen molar-refractivity contribution in [3.8, 4) is 0 Å². The molecule has 3 aromatic rings. The Bertz CT molecular complexity index is 1080. The molecule has 0 saturated heterocycles. The molecule has 0 saturated carbocycles. The zero-order chi connectivity index (χ0) is 20.1. The number of hydrogen-bond donors (Lipinski definition) is 0. The Hall–Kier alpha value is -2.83. The Morgan fingerprint density at radius 3 is 2.39 bits per heavy atom. The zero-order valence-corrected chi connectivity index (χ0v) is 16.7. The van der Waals surface area contributed by atoms with Gasteiger partial charge < -0.3 is 4.74 Å². The lowest BCUT2D eigenvalue weighted by Gasteiger charge is -2.19. The molecular weight excluding hydrogens is 398 g/mol. The largest absolute Gasteiger partial charge is 0.457 e. The van der Waals surface area contributed by atoms with E-state index in [0.717, 1.165) is 5.56 Å². The number of carbonyl (C=O) groups is 1. The van der Waals surface area contributed by atoms with Crippen LogP contribution in [0.25, 0.3) is 0 Å². The number of anilines is 1. The number of ether oxygens (including phenoxy) is 1. The molecule has 0 aromatic heterocycles. The van der Waals surface area contributed by atoms with E-state index in [-0.39, 0.29) is 17.1 Å². The van der Waals surface area contributed by atoms with Crippen LogP contribution in [-0.4, -0.2) is 21.4 Å². The van der Waals surface area contributed by atoms with Gasteiger partial charge in [0.15, 0.2) is 0 Å². The molecule has 0 atom stereocenters. The normalized spacial score (nSPS) is 11.1. The SMILES string of the molecule is CN(c1ccccc1)S(=O)(=O)c1cccc(C(=O)OCc2cccc(Cl)c2)c1. The van der Waals surface area contributed by atoms with E-state index in [1.54, 1.807) is 54.6 Å². The van der Waals surface area contributed by atoms with Crippen LogP contribution < -0.4 is 4.31 Å². The Morgan fingerprint density at radius 2 is 1.68 bits per heavy atom. The maximum Gasteiger partial charge on any atom is 0.338 e. The van der Waals surface area contributed by atoms with Crippen molar-refractivity contribution in [2.24, 2.45) is 0 Å². The summed E-state index contributed by atoms with van der Waals surface area (Å²) < 4.78 is 32.2. The van der Waals surface area contributed by atoms with E-state index in [2.05, 4.69) is 0 Å². The minimum atomic E-state index is -3.81. The first-order valence-corrected chi connectivity index (χ1v) is 10.3. The Labute approximate surface area is 169 Å². The van der Waals surface area contributed by atoms with Crippen LogP contribution in [0.2, 0.25) is 5.02 Å². The lowest BCUT2D eigenvalue weighted by molar-refractivity contribution is 0.0472. The van der Waals surface area contributed by atoms with Gasteiger partial charge in [-0.05, 0) is 48.0 Å². The van der Waals surface area contributed by atoms with Crippen LogP contribution in [0.5, 0.6) is 0 Å². The number of esters is 1. The monoisotopic (exact) mass is 415 g/mol.